The lowest BCUT2D eigenvalue weighted by Crippen LogP contribution is -2.09. The molecule has 0 aliphatic carbocycles. The van der Waals surface area contributed by atoms with E-state index in [4.69, 9.17) is 0 Å². The Bertz CT molecular complexity index is 229. The lowest BCUT2D eigenvalue weighted by molar-refractivity contribution is -0.115. The number of carbonyl (C=O) groups excluding carboxylic acids is 2. The summed E-state index contributed by atoms with van der Waals surface area (Å²) in [6.07, 6.45) is 5.57. The van der Waals surface area contributed by atoms with E-state index in [2.05, 4.69) is 0 Å². The molecule has 0 rings (SSSR count). The molecule has 0 unspecified atom stereocenters. The Balaban J connectivity index is 4.59. The van der Waals surface area contributed by atoms with Crippen LogP contribution in [0, 0.1) is 0 Å². The Morgan fingerprint density at radius 2 is 2.00 bits per heavy atom. The molecule has 0 fully saturated rings. The molecule has 0 aliphatic heterocycles. The van der Waals surface area contributed by atoms with E-state index >= 15 is 0 Å². The minimum atomic E-state index is -0.0539. The number of carbonyl (C=O) groups is 2. The number of nitrogens with zero attached hydrogens (tertiary/aromatic N) is 1. The Hall–Kier alpha value is -1.38. The van der Waals surface area contributed by atoms with Crippen molar-refractivity contribution >= 4 is 12.2 Å². The standard InChI is InChI=1S/C9H13NO2/c1-4-5-9(8(2)12)6-10(3)7-11/h4-7H,1-3H3/b5-4-,9-6+. The molecule has 12 heavy (non-hydrogen) atoms. The molecule has 0 radical (unpaired) electrons. The molecule has 3 nitrogen and oxygen atoms in total. The zero-order valence-electron chi connectivity index (χ0n) is 7.57. The minimum absolute atomic E-state index is 0.0539. The zero-order valence-corrected chi connectivity index (χ0v) is 7.57. The molecule has 0 saturated heterocycles. The van der Waals surface area contributed by atoms with Gasteiger partial charge in [0.15, 0.2) is 5.78 Å². The van der Waals surface area contributed by atoms with E-state index in [-0.39, 0.29) is 5.78 Å². The predicted molar refractivity (Wildman–Crippen MR) is 47.4 cm³/mol. The Morgan fingerprint density at radius 1 is 1.42 bits per heavy atom. The van der Waals surface area contributed by atoms with Gasteiger partial charge in [-0.15, -0.1) is 0 Å². The second-order valence-corrected chi connectivity index (χ2v) is 2.41. The molecular weight excluding hydrogens is 154 g/mol. The summed E-state index contributed by atoms with van der Waals surface area (Å²) in [6, 6.07) is 0. The second kappa shape index (κ2) is 5.29. The van der Waals surface area contributed by atoms with Crippen molar-refractivity contribution in [1.82, 2.24) is 4.90 Å². The molecule has 1 amide bonds. The number of hydrogen-bond acceptors (Lipinski definition) is 2. The molecule has 0 N–H and O–H groups in total. The number of rotatable bonds is 4. The Morgan fingerprint density at radius 3 is 2.33 bits per heavy atom. The van der Waals surface area contributed by atoms with Crippen molar-refractivity contribution in [1.29, 1.82) is 0 Å². The van der Waals surface area contributed by atoms with Gasteiger partial charge in [-0.25, -0.2) is 0 Å². The quantitative estimate of drug-likeness (QED) is 0.357. The van der Waals surface area contributed by atoms with Gasteiger partial charge >= 0.3 is 0 Å². The summed E-state index contributed by atoms with van der Waals surface area (Å²) in [5.74, 6) is -0.0539. The molecule has 0 aromatic carbocycles. The Labute approximate surface area is 72.4 Å². The van der Waals surface area contributed by atoms with Crippen molar-refractivity contribution in [2.45, 2.75) is 13.8 Å². The van der Waals surface area contributed by atoms with Crippen LogP contribution in [0.2, 0.25) is 0 Å². The topological polar surface area (TPSA) is 37.4 Å². The van der Waals surface area contributed by atoms with Gasteiger partial charge in [-0.3, -0.25) is 9.59 Å². The average Bonchev–Trinajstić information content (AvgIpc) is 2.03. The van der Waals surface area contributed by atoms with E-state index in [1.54, 1.807) is 19.2 Å². The third-order valence-electron chi connectivity index (χ3n) is 1.26. The predicted octanol–water partition coefficient (Wildman–Crippen LogP) is 1.12. The minimum Gasteiger partial charge on any atom is -0.324 e. The fourth-order valence-electron chi connectivity index (χ4n) is 0.681. The summed E-state index contributed by atoms with van der Waals surface area (Å²) in [7, 11) is 1.58. The van der Waals surface area contributed by atoms with Crippen molar-refractivity contribution in [2.24, 2.45) is 0 Å². The largest absolute Gasteiger partial charge is 0.324 e. The number of hydrogen-bond donors (Lipinski definition) is 0. The SMILES string of the molecule is C/C=C\C(=C/N(C)C=O)C(C)=O. The first-order valence-corrected chi connectivity index (χ1v) is 3.64. The summed E-state index contributed by atoms with van der Waals surface area (Å²) in [5, 5.41) is 0. The summed E-state index contributed by atoms with van der Waals surface area (Å²) >= 11 is 0. The second-order valence-electron chi connectivity index (χ2n) is 2.41. The lowest BCUT2D eigenvalue weighted by Gasteiger charge is -2.04. The number of allylic oxidation sites excluding steroid dienone is 3. The van der Waals surface area contributed by atoms with Gasteiger partial charge in [0.1, 0.15) is 0 Å². The van der Waals surface area contributed by atoms with E-state index in [9.17, 15) is 9.59 Å². The zero-order chi connectivity index (χ0) is 9.56. The number of Topliss-reactive ketones (excluding diaryl/α,β-unsaturated/α-hetero) is 1. The average molecular weight is 167 g/mol. The highest BCUT2D eigenvalue weighted by Gasteiger charge is 1.99. The van der Waals surface area contributed by atoms with Gasteiger partial charge < -0.3 is 4.90 Å². The van der Waals surface area contributed by atoms with Gasteiger partial charge in [-0.2, -0.15) is 0 Å². The van der Waals surface area contributed by atoms with Crippen LogP contribution in [0.4, 0.5) is 0 Å². The molecular formula is C9H13NO2. The fourth-order valence-corrected chi connectivity index (χ4v) is 0.681. The van der Waals surface area contributed by atoms with E-state index in [1.165, 1.54) is 18.0 Å². The number of amides is 1. The third-order valence-corrected chi connectivity index (χ3v) is 1.26. The summed E-state index contributed by atoms with van der Waals surface area (Å²) in [4.78, 5) is 22.4. The van der Waals surface area contributed by atoms with Crippen LogP contribution < -0.4 is 0 Å². The first-order chi connectivity index (χ1) is 5.61. The van der Waals surface area contributed by atoms with Crippen LogP contribution in [0.5, 0.6) is 0 Å². The summed E-state index contributed by atoms with van der Waals surface area (Å²) in [6.45, 7) is 3.28. The highest BCUT2D eigenvalue weighted by molar-refractivity contribution is 5.96. The van der Waals surface area contributed by atoms with Gasteiger partial charge in [-0.1, -0.05) is 12.2 Å². The highest BCUT2D eigenvalue weighted by atomic mass is 16.1. The van der Waals surface area contributed by atoms with Gasteiger partial charge in [0.05, 0.1) is 0 Å². The van der Waals surface area contributed by atoms with E-state index in [1.807, 2.05) is 6.92 Å². The van der Waals surface area contributed by atoms with Crippen LogP contribution in [0.25, 0.3) is 0 Å². The van der Waals surface area contributed by atoms with Crippen LogP contribution in [-0.4, -0.2) is 24.1 Å². The fraction of sp³-hybridized carbons (Fsp3) is 0.333. The Kier molecular flexibility index (Phi) is 4.69. The van der Waals surface area contributed by atoms with Crippen LogP contribution in [0.1, 0.15) is 13.8 Å². The third kappa shape index (κ3) is 3.71. The monoisotopic (exact) mass is 167 g/mol. The molecule has 66 valence electrons. The molecule has 0 heterocycles. The highest BCUT2D eigenvalue weighted by Crippen LogP contribution is 1.99. The van der Waals surface area contributed by atoms with Crippen LogP contribution in [0.3, 0.4) is 0 Å². The van der Waals surface area contributed by atoms with Crippen molar-refractivity contribution < 1.29 is 9.59 Å². The first kappa shape index (κ1) is 10.6. The molecule has 0 aromatic heterocycles. The molecule has 0 bridgehead atoms. The molecule has 0 saturated carbocycles. The van der Waals surface area contributed by atoms with Crippen molar-refractivity contribution in [2.75, 3.05) is 7.05 Å². The molecule has 0 spiro atoms. The molecule has 0 aliphatic rings. The van der Waals surface area contributed by atoms with Gasteiger partial charge in [0.2, 0.25) is 6.41 Å². The maximum absolute atomic E-state index is 10.9. The molecule has 3 heteroatoms. The summed E-state index contributed by atoms with van der Waals surface area (Å²) in [5.41, 5.74) is 0.520. The number of ketones is 1. The van der Waals surface area contributed by atoms with Gasteiger partial charge in [0, 0.05) is 18.8 Å². The summed E-state index contributed by atoms with van der Waals surface area (Å²) < 4.78 is 0. The van der Waals surface area contributed by atoms with Crippen LogP contribution in [0.15, 0.2) is 23.9 Å². The van der Waals surface area contributed by atoms with Crippen LogP contribution in [-0.2, 0) is 9.59 Å². The lowest BCUT2D eigenvalue weighted by atomic mass is 10.2. The van der Waals surface area contributed by atoms with Crippen LogP contribution >= 0.6 is 0 Å². The maximum Gasteiger partial charge on any atom is 0.213 e. The van der Waals surface area contributed by atoms with E-state index in [0.717, 1.165) is 0 Å². The van der Waals surface area contributed by atoms with E-state index < -0.39 is 0 Å². The molecule has 0 atom stereocenters. The smallest absolute Gasteiger partial charge is 0.213 e. The van der Waals surface area contributed by atoms with Gasteiger partial charge in [0.25, 0.3) is 0 Å². The maximum atomic E-state index is 10.9. The van der Waals surface area contributed by atoms with Crippen molar-refractivity contribution in [3.8, 4) is 0 Å². The van der Waals surface area contributed by atoms with Crippen molar-refractivity contribution in [3.05, 3.63) is 23.9 Å². The first-order valence-electron chi connectivity index (χ1n) is 3.64. The molecule has 0 aromatic rings. The van der Waals surface area contributed by atoms with Gasteiger partial charge in [-0.05, 0) is 13.8 Å². The van der Waals surface area contributed by atoms with E-state index in [0.29, 0.717) is 12.0 Å². The van der Waals surface area contributed by atoms with Crippen molar-refractivity contribution in [3.63, 3.8) is 0 Å². The normalized spacial score (nSPS) is 11.8.